The van der Waals surface area contributed by atoms with Gasteiger partial charge < -0.3 is 40.3 Å². The van der Waals surface area contributed by atoms with Gasteiger partial charge in [0, 0.05) is 6.42 Å². The normalized spacial score (nSPS) is 19.9. The number of aliphatic hydroxyl groups is 5. The predicted octanol–water partition coefficient (Wildman–Crippen LogP) is 15.1. The van der Waals surface area contributed by atoms with E-state index in [1.54, 1.807) is 0 Å². The Balaban J connectivity index is 2.18. The van der Waals surface area contributed by atoms with E-state index in [1.807, 2.05) is 0 Å². The first kappa shape index (κ1) is 68.6. The minimum atomic E-state index is -1.56. The average molecular weight is 1030 g/mol. The molecule has 0 aliphatic carbocycles. The molecule has 1 amide bonds. The summed E-state index contributed by atoms with van der Waals surface area (Å²) in [6.07, 6.45) is 72.2. The minimum Gasteiger partial charge on any atom is -0.394 e. The van der Waals surface area contributed by atoms with Gasteiger partial charge in [0.2, 0.25) is 5.91 Å². The van der Waals surface area contributed by atoms with Gasteiger partial charge in [0.05, 0.1) is 25.4 Å². The maximum atomic E-state index is 13.1. The van der Waals surface area contributed by atoms with Gasteiger partial charge in [-0.15, -0.1) is 0 Å². The fraction of sp³-hybridized carbons (Fsp3) is 0.677. The number of carbonyl (C=O) groups is 1. The third kappa shape index (κ3) is 41.8. The summed E-state index contributed by atoms with van der Waals surface area (Å²) in [5, 5.41) is 54.6. The van der Waals surface area contributed by atoms with E-state index in [-0.39, 0.29) is 12.5 Å². The van der Waals surface area contributed by atoms with E-state index in [0.29, 0.717) is 12.8 Å². The highest BCUT2D eigenvalue weighted by Gasteiger charge is 2.44. The molecule has 1 aliphatic heterocycles. The summed E-state index contributed by atoms with van der Waals surface area (Å²) in [5.74, 6) is -0.164. The average Bonchev–Trinajstić information content (AvgIpc) is 3.40. The van der Waals surface area contributed by atoms with E-state index in [4.69, 9.17) is 9.47 Å². The molecule has 0 radical (unpaired) electrons. The molecule has 9 heteroatoms. The van der Waals surface area contributed by atoms with Crippen LogP contribution in [0.5, 0.6) is 0 Å². The van der Waals surface area contributed by atoms with E-state index in [9.17, 15) is 30.3 Å². The molecule has 7 unspecified atom stereocenters. The molecule has 0 aromatic heterocycles. The van der Waals surface area contributed by atoms with Gasteiger partial charge in [-0.05, 0) is 89.9 Å². The molecule has 9 nitrogen and oxygen atoms in total. The van der Waals surface area contributed by atoms with Gasteiger partial charge in [-0.2, -0.15) is 0 Å². The van der Waals surface area contributed by atoms with Crippen LogP contribution in [0.4, 0.5) is 0 Å². The van der Waals surface area contributed by atoms with Crippen LogP contribution in [0, 0.1) is 0 Å². The van der Waals surface area contributed by atoms with Crippen LogP contribution < -0.4 is 5.32 Å². The van der Waals surface area contributed by atoms with Gasteiger partial charge in [0.25, 0.3) is 0 Å². The van der Waals surface area contributed by atoms with Crippen LogP contribution in [0.3, 0.4) is 0 Å². The second-order valence-corrected chi connectivity index (χ2v) is 20.1. The van der Waals surface area contributed by atoms with Gasteiger partial charge in [0.15, 0.2) is 6.29 Å². The van der Waals surface area contributed by atoms with Gasteiger partial charge in [-0.1, -0.05) is 251 Å². The lowest BCUT2D eigenvalue weighted by Crippen LogP contribution is -2.60. The Kier molecular flexibility index (Phi) is 49.1. The van der Waals surface area contributed by atoms with Crippen molar-refractivity contribution in [3.63, 3.8) is 0 Å². The summed E-state index contributed by atoms with van der Waals surface area (Å²) in [7, 11) is 0. The van der Waals surface area contributed by atoms with Crippen molar-refractivity contribution < 1.29 is 39.8 Å². The Morgan fingerprint density at radius 2 is 0.838 bits per heavy atom. The van der Waals surface area contributed by atoms with Crippen molar-refractivity contribution in [2.24, 2.45) is 0 Å². The highest BCUT2D eigenvalue weighted by molar-refractivity contribution is 5.76. The summed E-state index contributed by atoms with van der Waals surface area (Å²) in [6, 6.07) is -0.735. The fourth-order valence-electron chi connectivity index (χ4n) is 8.66. The molecule has 1 rings (SSSR count). The number of ether oxygens (including phenoxy) is 2. The first-order valence-corrected chi connectivity index (χ1v) is 29.7. The number of aliphatic hydroxyl groups excluding tert-OH is 5. The van der Waals surface area contributed by atoms with Crippen LogP contribution >= 0.6 is 0 Å². The monoisotopic (exact) mass is 1030 g/mol. The van der Waals surface area contributed by atoms with Crippen LogP contribution in [0.25, 0.3) is 0 Å². The SMILES string of the molecule is CC/C=C\C/C=C\C/C=C\C/C=C\C/C=C\C/C=C\C/C=C\C/C=C\C/C=C\C/C=C\CCCCCCCCC(=O)NC(COC1OC(CO)C(O)C(O)C1O)C(O)CCCCCCCCCCCCCCCC. The topological polar surface area (TPSA) is 149 Å². The zero-order chi connectivity index (χ0) is 53.6. The number of carbonyl (C=O) groups excluding carboxylic acids is 1. The van der Waals surface area contributed by atoms with Crippen molar-refractivity contribution in [1.29, 1.82) is 0 Å². The minimum absolute atomic E-state index is 0.151. The Labute approximate surface area is 452 Å². The second kappa shape index (κ2) is 53.0. The smallest absolute Gasteiger partial charge is 0.220 e. The summed E-state index contributed by atoms with van der Waals surface area (Å²) < 4.78 is 11.3. The van der Waals surface area contributed by atoms with Gasteiger partial charge >= 0.3 is 0 Å². The van der Waals surface area contributed by atoms with Crippen molar-refractivity contribution in [2.45, 2.75) is 269 Å². The van der Waals surface area contributed by atoms with Crippen molar-refractivity contribution in [3.05, 3.63) is 122 Å². The molecular formula is C65H109NO8. The fourth-order valence-corrected chi connectivity index (χ4v) is 8.66. The highest BCUT2D eigenvalue weighted by Crippen LogP contribution is 2.23. The van der Waals surface area contributed by atoms with E-state index in [2.05, 4.69) is 141 Å². The largest absolute Gasteiger partial charge is 0.394 e. The molecule has 1 fully saturated rings. The van der Waals surface area contributed by atoms with Gasteiger partial charge in [0.1, 0.15) is 24.4 Å². The summed E-state index contributed by atoms with van der Waals surface area (Å²) in [6.45, 7) is 3.70. The van der Waals surface area contributed by atoms with Crippen LogP contribution in [0.2, 0.25) is 0 Å². The summed E-state index contributed by atoms with van der Waals surface area (Å²) in [4.78, 5) is 13.1. The number of unbranched alkanes of at least 4 members (excludes halogenated alkanes) is 19. The molecule has 1 aliphatic rings. The van der Waals surface area contributed by atoms with Gasteiger partial charge in [-0.25, -0.2) is 0 Å². The van der Waals surface area contributed by atoms with E-state index >= 15 is 0 Å². The van der Waals surface area contributed by atoms with Crippen LogP contribution in [-0.4, -0.2) is 87.5 Å². The second-order valence-electron chi connectivity index (χ2n) is 20.1. The number of hydrogen-bond donors (Lipinski definition) is 6. The molecule has 1 saturated heterocycles. The van der Waals surface area contributed by atoms with Crippen molar-refractivity contribution in [2.75, 3.05) is 13.2 Å². The van der Waals surface area contributed by atoms with E-state index in [1.165, 1.54) is 70.6 Å². The molecule has 1 heterocycles. The maximum Gasteiger partial charge on any atom is 0.220 e. The zero-order valence-corrected chi connectivity index (χ0v) is 46.8. The predicted molar refractivity (Wildman–Crippen MR) is 313 cm³/mol. The third-order valence-electron chi connectivity index (χ3n) is 13.3. The van der Waals surface area contributed by atoms with Gasteiger partial charge in [-0.3, -0.25) is 4.79 Å². The molecule has 0 aromatic rings. The molecular weight excluding hydrogens is 923 g/mol. The first-order chi connectivity index (χ1) is 36.3. The Bertz CT molecular complexity index is 1570. The van der Waals surface area contributed by atoms with Crippen molar-refractivity contribution in [1.82, 2.24) is 5.32 Å². The van der Waals surface area contributed by atoms with Crippen LogP contribution in [0.15, 0.2) is 122 Å². The summed E-state index contributed by atoms with van der Waals surface area (Å²) in [5.41, 5.74) is 0. The molecule has 422 valence electrons. The van der Waals surface area contributed by atoms with Crippen LogP contribution in [0.1, 0.15) is 226 Å². The number of amides is 1. The molecule has 0 saturated carbocycles. The molecule has 0 aromatic carbocycles. The molecule has 0 spiro atoms. The zero-order valence-electron chi connectivity index (χ0n) is 46.8. The number of nitrogens with one attached hydrogen (secondary N) is 1. The Morgan fingerprint density at radius 1 is 0.473 bits per heavy atom. The first-order valence-electron chi connectivity index (χ1n) is 29.7. The molecule has 7 atom stereocenters. The van der Waals surface area contributed by atoms with E-state index < -0.39 is 49.5 Å². The number of allylic oxidation sites excluding steroid dienone is 20. The Hall–Kier alpha value is -3.41. The summed E-state index contributed by atoms with van der Waals surface area (Å²) >= 11 is 0. The number of rotatable bonds is 49. The lowest BCUT2D eigenvalue weighted by atomic mass is 9.99. The van der Waals surface area contributed by atoms with Crippen LogP contribution in [-0.2, 0) is 14.3 Å². The molecule has 6 N–H and O–H groups in total. The lowest BCUT2D eigenvalue weighted by Gasteiger charge is -2.40. The standard InChI is InChI=1S/C65H109NO8/c1-3-5-7-9-11-13-15-17-19-20-21-22-23-24-25-26-27-28-29-30-31-32-33-34-35-36-37-38-39-40-41-43-45-47-49-51-53-55-61(69)66-58(57-73-65-64(72)63(71)62(70)60(56-67)74-65)59(68)54-52-50-48-46-44-42-18-16-14-12-10-8-6-4-2/h5,7,11,13,17,19,21-22,24-25,27-28,30-31,33-34,36-37,39-40,58-60,62-65,67-68,70-72H,3-4,6,8-10,12,14-16,18,20,23,26,29,32,35,38,41-57H2,1-2H3,(H,66,69)/b7-5-,13-11-,19-17-,22-21-,25-24-,28-27-,31-30-,34-33-,37-36-,40-39-. The lowest BCUT2D eigenvalue weighted by molar-refractivity contribution is -0.302. The maximum absolute atomic E-state index is 13.1. The molecule has 74 heavy (non-hydrogen) atoms. The Morgan fingerprint density at radius 3 is 1.24 bits per heavy atom. The quantitative estimate of drug-likeness (QED) is 0.0261. The van der Waals surface area contributed by atoms with Crippen molar-refractivity contribution >= 4 is 5.91 Å². The molecule has 0 bridgehead atoms. The van der Waals surface area contributed by atoms with Crippen molar-refractivity contribution in [3.8, 4) is 0 Å². The number of hydrogen-bond acceptors (Lipinski definition) is 8. The highest BCUT2D eigenvalue weighted by atomic mass is 16.7. The van der Waals surface area contributed by atoms with E-state index in [0.717, 1.165) is 128 Å². The third-order valence-corrected chi connectivity index (χ3v) is 13.3.